The van der Waals surface area contributed by atoms with E-state index in [9.17, 15) is 4.79 Å². The van der Waals surface area contributed by atoms with Crippen molar-refractivity contribution in [3.8, 4) is 0 Å². The van der Waals surface area contributed by atoms with Crippen molar-refractivity contribution in [1.29, 1.82) is 0 Å². The summed E-state index contributed by atoms with van der Waals surface area (Å²) in [4.78, 5) is 14.0. The van der Waals surface area contributed by atoms with Gasteiger partial charge in [-0.25, -0.2) is 0 Å². The summed E-state index contributed by atoms with van der Waals surface area (Å²) in [6.07, 6.45) is 3.18. The van der Waals surface area contributed by atoms with Gasteiger partial charge in [0.05, 0.1) is 11.9 Å². The Morgan fingerprint density at radius 3 is 2.67 bits per heavy atom. The van der Waals surface area contributed by atoms with Gasteiger partial charge in [0.25, 0.3) is 0 Å². The third-order valence-corrected chi connectivity index (χ3v) is 2.67. The molecule has 0 aliphatic heterocycles. The van der Waals surface area contributed by atoms with Gasteiger partial charge in [0.2, 0.25) is 5.91 Å². The molecule has 0 aliphatic carbocycles. The Morgan fingerprint density at radius 1 is 1.56 bits per heavy atom. The molecule has 0 fully saturated rings. The largest absolute Gasteiger partial charge is 0.396 e. The third kappa shape index (κ3) is 4.75. The fourth-order valence-corrected chi connectivity index (χ4v) is 1.68. The van der Waals surface area contributed by atoms with Crippen LogP contribution in [0.3, 0.4) is 0 Å². The molecule has 0 saturated heterocycles. The van der Waals surface area contributed by atoms with E-state index in [2.05, 4.69) is 29.2 Å². The first-order valence-corrected chi connectivity index (χ1v) is 6.10. The predicted octanol–water partition coefficient (Wildman–Crippen LogP) is 0.168. The number of nitrogens with one attached hydrogen (secondary N) is 1. The normalized spacial score (nSPS) is 13.0. The maximum atomic E-state index is 11.9. The van der Waals surface area contributed by atoms with E-state index in [0.717, 1.165) is 6.54 Å². The topological polar surface area (TPSA) is 76.2 Å². The second-order valence-electron chi connectivity index (χ2n) is 5.15. The number of likely N-dealkylation sites (N-methyl/N-ethyl adjacent to an activating group) is 1. The summed E-state index contributed by atoms with van der Waals surface area (Å²) >= 11 is 0. The lowest BCUT2D eigenvalue weighted by atomic mass is 10.0. The van der Waals surface area contributed by atoms with E-state index in [-0.39, 0.29) is 18.5 Å². The van der Waals surface area contributed by atoms with Crippen LogP contribution in [-0.4, -0.2) is 47.3 Å². The number of aromatic nitrogens is 2. The Morgan fingerprint density at radius 2 is 2.22 bits per heavy atom. The molecule has 3 N–H and O–H groups in total. The second kappa shape index (κ2) is 6.39. The highest BCUT2D eigenvalue weighted by Crippen LogP contribution is 2.03. The Labute approximate surface area is 108 Å². The second-order valence-corrected chi connectivity index (χ2v) is 5.15. The molecule has 1 aromatic rings. The zero-order chi connectivity index (χ0) is 13.7. The van der Waals surface area contributed by atoms with Crippen LogP contribution in [0, 0.1) is 5.92 Å². The molecule has 102 valence electrons. The van der Waals surface area contributed by atoms with Crippen LogP contribution < -0.4 is 11.1 Å². The first-order chi connectivity index (χ1) is 8.38. The summed E-state index contributed by atoms with van der Waals surface area (Å²) in [5.41, 5.74) is 6.11. The molecule has 0 radical (unpaired) electrons. The molecule has 6 heteroatoms. The fourth-order valence-electron chi connectivity index (χ4n) is 1.68. The number of nitrogens with zero attached hydrogens (tertiary/aromatic N) is 3. The van der Waals surface area contributed by atoms with Gasteiger partial charge in [-0.15, -0.1) is 0 Å². The van der Waals surface area contributed by atoms with Crippen molar-refractivity contribution in [1.82, 2.24) is 20.0 Å². The van der Waals surface area contributed by atoms with Gasteiger partial charge < -0.3 is 16.0 Å². The van der Waals surface area contributed by atoms with Gasteiger partial charge in [-0.2, -0.15) is 5.10 Å². The van der Waals surface area contributed by atoms with Crippen molar-refractivity contribution in [3.05, 3.63) is 12.4 Å². The van der Waals surface area contributed by atoms with Crippen LogP contribution in [0.15, 0.2) is 12.4 Å². The summed E-state index contributed by atoms with van der Waals surface area (Å²) < 4.78 is 1.54. The van der Waals surface area contributed by atoms with Crippen LogP contribution in [0.4, 0.5) is 5.69 Å². The van der Waals surface area contributed by atoms with Crippen LogP contribution in [0.5, 0.6) is 0 Å². The summed E-state index contributed by atoms with van der Waals surface area (Å²) in [5, 5.41) is 7.01. The SMILES string of the molecule is CC(C)C(CN(C)C)NC(=O)Cn1cc(N)cn1. The molecular weight excluding hydrogens is 230 g/mol. The maximum Gasteiger partial charge on any atom is 0.242 e. The van der Waals surface area contributed by atoms with Gasteiger partial charge in [-0.3, -0.25) is 9.48 Å². The van der Waals surface area contributed by atoms with Crippen LogP contribution >= 0.6 is 0 Å². The van der Waals surface area contributed by atoms with Gasteiger partial charge in [0.15, 0.2) is 0 Å². The lowest BCUT2D eigenvalue weighted by molar-refractivity contribution is -0.123. The van der Waals surface area contributed by atoms with E-state index < -0.39 is 0 Å². The van der Waals surface area contributed by atoms with Crippen LogP contribution in [0.2, 0.25) is 0 Å². The molecule has 18 heavy (non-hydrogen) atoms. The van der Waals surface area contributed by atoms with Crippen molar-refractivity contribution < 1.29 is 4.79 Å². The van der Waals surface area contributed by atoms with Crippen molar-refractivity contribution >= 4 is 11.6 Å². The number of nitrogen functional groups attached to an aromatic ring is 1. The fraction of sp³-hybridized carbons (Fsp3) is 0.667. The summed E-state index contributed by atoms with van der Waals surface area (Å²) in [5.74, 6) is 0.345. The third-order valence-electron chi connectivity index (χ3n) is 2.67. The quantitative estimate of drug-likeness (QED) is 0.757. The van der Waals surface area contributed by atoms with Crippen molar-refractivity contribution in [2.45, 2.75) is 26.4 Å². The molecule has 0 aromatic carbocycles. The molecule has 1 amide bonds. The predicted molar refractivity (Wildman–Crippen MR) is 72.0 cm³/mol. The van der Waals surface area contributed by atoms with Gasteiger partial charge in [-0.1, -0.05) is 13.8 Å². The number of rotatable bonds is 6. The molecular formula is C12H23N5O. The molecule has 1 aromatic heterocycles. The molecule has 0 saturated carbocycles. The molecule has 6 nitrogen and oxygen atoms in total. The molecule has 0 bridgehead atoms. The minimum atomic E-state index is -0.0429. The van der Waals surface area contributed by atoms with E-state index in [0.29, 0.717) is 11.6 Å². The molecule has 0 spiro atoms. The van der Waals surface area contributed by atoms with E-state index in [1.807, 2.05) is 14.1 Å². The van der Waals surface area contributed by atoms with Gasteiger partial charge in [0.1, 0.15) is 6.54 Å². The zero-order valence-electron chi connectivity index (χ0n) is 11.6. The summed E-state index contributed by atoms with van der Waals surface area (Å²) in [6.45, 7) is 5.22. The number of carbonyl (C=O) groups excluding carboxylic acids is 1. The highest BCUT2D eigenvalue weighted by atomic mass is 16.2. The number of hydrogen-bond donors (Lipinski definition) is 2. The maximum absolute atomic E-state index is 11.9. The van der Waals surface area contributed by atoms with E-state index in [1.54, 1.807) is 6.20 Å². The lowest BCUT2D eigenvalue weighted by Gasteiger charge is -2.25. The number of carbonyl (C=O) groups is 1. The molecule has 1 atom stereocenters. The minimum absolute atomic E-state index is 0.0429. The number of nitrogens with two attached hydrogens (primary N) is 1. The molecule has 1 heterocycles. The first kappa shape index (κ1) is 14.5. The van der Waals surface area contributed by atoms with Crippen LogP contribution in [-0.2, 0) is 11.3 Å². The van der Waals surface area contributed by atoms with Crippen molar-refractivity contribution in [2.75, 3.05) is 26.4 Å². The Bertz CT molecular complexity index is 386. The van der Waals surface area contributed by atoms with E-state index in [1.165, 1.54) is 10.9 Å². The van der Waals surface area contributed by atoms with Gasteiger partial charge in [-0.05, 0) is 20.0 Å². The van der Waals surface area contributed by atoms with Crippen LogP contribution in [0.25, 0.3) is 0 Å². The Kier molecular flexibility index (Phi) is 5.15. The standard InChI is InChI=1S/C12H23N5O/c1-9(2)11(7-16(3)4)15-12(18)8-17-6-10(13)5-14-17/h5-6,9,11H,7-8,13H2,1-4H3,(H,15,18). The average Bonchev–Trinajstić information content (AvgIpc) is 2.62. The van der Waals surface area contributed by atoms with Gasteiger partial charge in [0, 0.05) is 18.8 Å². The first-order valence-electron chi connectivity index (χ1n) is 6.10. The monoisotopic (exact) mass is 253 g/mol. The molecule has 1 unspecified atom stereocenters. The van der Waals surface area contributed by atoms with E-state index >= 15 is 0 Å². The number of amides is 1. The highest BCUT2D eigenvalue weighted by Gasteiger charge is 2.17. The van der Waals surface area contributed by atoms with Gasteiger partial charge >= 0.3 is 0 Å². The summed E-state index contributed by atoms with van der Waals surface area (Å²) in [7, 11) is 3.99. The molecule has 1 rings (SSSR count). The average molecular weight is 253 g/mol. The number of hydrogen-bond acceptors (Lipinski definition) is 4. The van der Waals surface area contributed by atoms with Crippen molar-refractivity contribution in [2.24, 2.45) is 5.92 Å². The van der Waals surface area contributed by atoms with Crippen LogP contribution in [0.1, 0.15) is 13.8 Å². The summed E-state index contributed by atoms with van der Waals surface area (Å²) in [6, 6.07) is 0.139. The lowest BCUT2D eigenvalue weighted by Crippen LogP contribution is -2.46. The number of anilines is 1. The Hall–Kier alpha value is -1.56. The highest BCUT2D eigenvalue weighted by molar-refractivity contribution is 5.76. The van der Waals surface area contributed by atoms with Crippen molar-refractivity contribution in [3.63, 3.8) is 0 Å². The molecule has 0 aliphatic rings. The smallest absolute Gasteiger partial charge is 0.242 e. The Balaban J connectivity index is 2.51. The zero-order valence-corrected chi connectivity index (χ0v) is 11.6. The van der Waals surface area contributed by atoms with E-state index in [4.69, 9.17) is 5.73 Å². The minimum Gasteiger partial charge on any atom is -0.396 e.